The molecule has 0 aromatic rings. The third kappa shape index (κ3) is 2.73. The minimum atomic E-state index is 0.430. The van der Waals surface area contributed by atoms with Crippen molar-refractivity contribution < 1.29 is 9.59 Å². The molecule has 0 aromatic heterocycles. The third-order valence-corrected chi connectivity index (χ3v) is 9.98. The monoisotopic (exact) mass is 358 g/mol. The van der Waals surface area contributed by atoms with Crippen molar-refractivity contribution in [2.24, 2.45) is 46.3 Å². The summed E-state index contributed by atoms with van der Waals surface area (Å²) in [6.45, 7) is 7.55. The lowest BCUT2D eigenvalue weighted by molar-refractivity contribution is -0.140. The molecule has 0 spiro atoms. The van der Waals surface area contributed by atoms with E-state index in [9.17, 15) is 9.59 Å². The van der Waals surface area contributed by atoms with Gasteiger partial charge in [-0.15, -0.1) is 0 Å². The Labute approximate surface area is 159 Å². The molecule has 0 radical (unpaired) electrons. The van der Waals surface area contributed by atoms with Gasteiger partial charge in [-0.2, -0.15) is 0 Å². The van der Waals surface area contributed by atoms with Crippen molar-refractivity contribution in [3.05, 3.63) is 0 Å². The average Bonchev–Trinajstić information content (AvgIpc) is 2.97. The number of fused-ring (bicyclic) bond motifs is 5. The van der Waals surface area contributed by atoms with Gasteiger partial charge in [-0.25, -0.2) is 0 Å². The molecule has 2 heteroatoms. The molecule has 0 bridgehead atoms. The van der Waals surface area contributed by atoms with Crippen LogP contribution in [0.15, 0.2) is 0 Å². The van der Waals surface area contributed by atoms with Crippen molar-refractivity contribution in [3.63, 3.8) is 0 Å². The van der Waals surface area contributed by atoms with Gasteiger partial charge >= 0.3 is 0 Å². The van der Waals surface area contributed by atoms with Crippen LogP contribution in [0.3, 0.4) is 0 Å². The smallest absolute Gasteiger partial charge is 0.133 e. The van der Waals surface area contributed by atoms with E-state index in [0.717, 1.165) is 62.1 Å². The second kappa shape index (κ2) is 6.74. The van der Waals surface area contributed by atoms with Crippen molar-refractivity contribution in [3.8, 4) is 0 Å². The molecule has 0 amide bonds. The molecule has 4 aliphatic carbocycles. The molecule has 146 valence electrons. The molecule has 0 aromatic carbocycles. The van der Waals surface area contributed by atoms with Crippen LogP contribution < -0.4 is 0 Å². The van der Waals surface area contributed by atoms with E-state index in [1.807, 2.05) is 0 Å². The van der Waals surface area contributed by atoms with Crippen molar-refractivity contribution in [2.45, 2.75) is 91.4 Å². The second-order valence-electron chi connectivity index (χ2n) is 10.8. The zero-order valence-corrected chi connectivity index (χ0v) is 17.1. The topological polar surface area (TPSA) is 34.1 Å². The summed E-state index contributed by atoms with van der Waals surface area (Å²) >= 11 is 0. The molecule has 0 aliphatic heterocycles. The van der Waals surface area contributed by atoms with Crippen molar-refractivity contribution in [2.75, 3.05) is 0 Å². The van der Waals surface area contributed by atoms with E-state index in [1.54, 1.807) is 0 Å². The largest absolute Gasteiger partial charge is 0.303 e. The molecule has 2 nitrogen and oxygen atoms in total. The quantitative estimate of drug-likeness (QED) is 0.593. The fraction of sp³-hybridized carbons (Fsp3) is 0.917. The molecule has 0 N–H and O–H groups in total. The van der Waals surface area contributed by atoms with Gasteiger partial charge in [0.1, 0.15) is 12.1 Å². The van der Waals surface area contributed by atoms with E-state index in [-0.39, 0.29) is 0 Å². The Morgan fingerprint density at radius 3 is 2.58 bits per heavy atom. The number of carbonyl (C=O) groups is 2. The van der Waals surface area contributed by atoms with Gasteiger partial charge in [-0.3, -0.25) is 4.79 Å². The highest BCUT2D eigenvalue weighted by atomic mass is 16.1. The maximum atomic E-state index is 12.0. The van der Waals surface area contributed by atoms with E-state index < -0.39 is 0 Å². The van der Waals surface area contributed by atoms with Crippen LogP contribution in [0.25, 0.3) is 0 Å². The Hall–Kier alpha value is -0.660. The van der Waals surface area contributed by atoms with E-state index in [4.69, 9.17) is 0 Å². The van der Waals surface area contributed by atoms with E-state index >= 15 is 0 Å². The lowest BCUT2D eigenvalue weighted by atomic mass is 9.44. The SMILES string of the molecule is C[C@H](CCC=O)[C@H]1CC[C@H]2[C@@H]3CC[C@@H]4CC(=O)CC[C@]4(C)[C@H]3CC[C@]12C. The highest BCUT2D eigenvalue weighted by molar-refractivity contribution is 5.79. The summed E-state index contributed by atoms with van der Waals surface area (Å²) in [7, 11) is 0. The summed E-state index contributed by atoms with van der Waals surface area (Å²) < 4.78 is 0. The molecular weight excluding hydrogens is 320 g/mol. The average molecular weight is 359 g/mol. The minimum absolute atomic E-state index is 0.430. The molecule has 4 rings (SSSR count). The summed E-state index contributed by atoms with van der Waals surface area (Å²) in [5.74, 6) is 5.33. The summed E-state index contributed by atoms with van der Waals surface area (Å²) in [4.78, 5) is 22.9. The van der Waals surface area contributed by atoms with Gasteiger partial charge in [0, 0.05) is 19.3 Å². The lowest BCUT2D eigenvalue weighted by Crippen LogP contribution is -2.53. The van der Waals surface area contributed by atoms with Gasteiger partial charge in [0.2, 0.25) is 0 Å². The minimum Gasteiger partial charge on any atom is -0.303 e. The number of rotatable bonds is 4. The van der Waals surface area contributed by atoms with Gasteiger partial charge in [0.25, 0.3) is 0 Å². The van der Waals surface area contributed by atoms with Crippen LogP contribution in [0.4, 0.5) is 0 Å². The van der Waals surface area contributed by atoms with Crippen LogP contribution in [0, 0.1) is 46.3 Å². The standard InChI is InChI=1S/C24H38O2/c1-16(5-4-14-25)20-8-9-21-19-7-6-17-15-18(26)10-12-23(17,2)22(19)11-13-24(20,21)3/h14,16-17,19-22H,4-13,15H2,1-3H3/t16-,17-,19+,20-,21+,22+,23+,24-/m1/s1. The van der Waals surface area contributed by atoms with Gasteiger partial charge in [-0.1, -0.05) is 20.8 Å². The predicted octanol–water partition coefficient (Wildman–Crippen LogP) is 5.83. The van der Waals surface area contributed by atoms with Crippen LogP contribution >= 0.6 is 0 Å². The Morgan fingerprint density at radius 2 is 1.81 bits per heavy atom. The number of aldehydes is 1. The van der Waals surface area contributed by atoms with Crippen molar-refractivity contribution in [1.82, 2.24) is 0 Å². The van der Waals surface area contributed by atoms with Crippen LogP contribution in [0.1, 0.15) is 91.4 Å². The van der Waals surface area contributed by atoms with Gasteiger partial charge < -0.3 is 4.79 Å². The van der Waals surface area contributed by atoms with E-state index in [1.165, 1.54) is 38.5 Å². The zero-order chi connectivity index (χ0) is 18.5. The van der Waals surface area contributed by atoms with Gasteiger partial charge in [0.15, 0.2) is 0 Å². The number of ketones is 1. The number of Topliss-reactive ketones (excluding diaryl/α,β-unsaturated/α-hetero) is 1. The lowest BCUT2D eigenvalue weighted by Gasteiger charge is -2.60. The molecule has 4 saturated carbocycles. The number of hydrogen-bond acceptors (Lipinski definition) is 2. The maximum absolute atomic E-state index is 12.0. The molecule has 0 saturated heterocycles. The first-order valence-corrected chi connectivity index (χ1v) is 11.4. The fourth-order valence-corrected chi connectivity index (χ4v) is 8.55. The summed E-state index contributed by atoms with van der Waals surface area (Å²) in [5, 5.41) is 0. The summed E-state index contributed by atoms with van der Waals surface area (Å²) in [6.07, 6.45) is 14.0. The first-order chi connectivity index (χ1) is 12.4. The molecular formula is C24H38O2. The molecule has 0 heterocycles. The van der Waals surface area contributed by atoms with Crippen LogP contribution in [-0.2, 0) is 9.59 Å². The first kappa shape index (κ1) is 18.7. The molecule has 4 aliphatic rings. The number of carbonyl (C=O) groups excluding carboxylic acids is 2. The molecule has 4 fully saturated rings. The normalized spacial score (nSPS) is 49.0. The van der Waals surface area contributed by atoms with Gasteiger partial charge in [-0.05, 0) is 97.7 Å². The van der Waals surface area contributed by atoms with Crippen molar-refractivity contribution >= 4 is 12.1 Å². The van der Waals surface area contributed by atoms with Crippen LogP contribution in [-0.4, -0.2) is 12.1 Å². The summed E-state index contributed by atoms with van der Waals surface area (Å²) in [6, 6.07) is 0. The Bertz CT molecular complexity index is 569. The first-order valence-electron chi connectivity index (χ1n) is 11.4. The molecule has 0 unspecified atom stereocenters. The Kier molecular flexibility index (Phi) is 4.85. The van der Waals surface area contributed by atoms with Crippen LogP contribution in [0.5, 0.6) is 0 Å². The maximum Gasteiger partial charge on any atom is 0.133 e. The predicted molar refractivity (Wildman–Crippen MR) is 105 cm³/mol. The summed E-state index contributed by atoms with van der Waals surface area (Å²) in [5.41, 5.74) is 0.927. The third-order valence-electron chi connectivity index (χ3n) is 9.98. The number of hydrogen-bond donors (Lipinski definition) is 0. The van der Waals surface area contributed by atoms with Crippen LogP contribution in [0.2, 0.25) is 0 Å². The van der Waals surface area contributed by atoms with Gasteiger partial charge in [0.05, 0.1) is 0 Å². The second-order valence-corrected chi connectivity index (χ2v) is 10.8. The Morgan fingerprint density at radius 1 is 1.04 bits per heavy atom. The molecule has 26 heavy (non-hydrogen) atoms. The van der Waals surface area contributed by atoms with E-state index in [0.29, 0.717) is 28.4 Å². The highest BCUT2D eigenvalue weighted by Crippen LogP contribution is 2.68. The Balaban J connectivity index is 1.54. The van der Waals surface area contributed by atoms with Crippen molar-refractivity contribution in [1.29, 1.82) is 0 Å². The highest BCUT2D eigenvalue weighted by Gasteiger charge is 2.60. The van der Waals surface area contributed by atoms with E-state index in [2.05, 4.69) is 20.8 Å². The fourth-order valence-electron chi connectivity index (χ4n) is 8.55. The molecule has 8 atom stereocenters. The zero-order valence-electron chi connectivity index (χ0n) is 17.1.